The van der Waals surface area contributed by atoms with E-state index in [9.17, 15) is 0 Å². The molecule has 3 aliphatic carbocycles. The summed E-state index contributed by atoms with van der Waals surface area (Å²) >= 11 is 5.57. The van der Waals surface area contributed by atoms with E-state index in [1.165, 1.54) is 24.8 Å². The average molecular weight is 271 g/mol. The first-order valence-corrected chi connectivity index (χ1v) is 7.72. The minimum atomic E-state index is 0.641. The van der Waals surface area contributed by atoms with Gasteiger partial charge in [0, 0.05) is 12.2 Å². The average Bonchev–Trinajstić information content (AvgIpc) is 2.76. The second kappa shape index (κ2) is 3.29. The number of nitrogens with zero attached hydrogens (tertiary/aromatic N) is 2. The number of H-pyrrole nitrogens is 1. The summed E-state index contributed by atoms with van der Waals surface area (Å²) < 4.78 is 3.20. The van der Waals surface area contributed by atoms with Gasteiger partial charge in [0.25, 0.3) is 0 Å². The number of rotatable bonds is 1. The Labute approximate surface area is 117 Å². The molecule has 0 aliphatic heterocycles. The molecule has 4 heteroatoms. The monoisotopic (exact) mass is 271 g/mol. The van der Waals surface area contributed by atoms with Crippen molar-refractivity contribution < 1.29 is 0 Å². The zero-order chi connectivity index (χ0) is 12.7. The Morgan fingerprint density at radius 1 is 1.32 bits per heavy atom. The van der Waals surface area contributed by atoms with Crippen molar-refractivity contribution in [1.82, 2.24) is 14.5 Å². The van der Waals surface area contributed by atoms with Crippen LogP contribution in [0.15, 0.2) is 12.3 Å². The van der Waals surface area contributed by atoms with Crippen LogP contribution in [0.5, 0.6) is 0 Å². The van der Waals surface area contributed by atoms with Crippen LogP contribution >= 0.6 is 12.2 Å². The maximum atomic E-state index is 5.57. The van der Waals surface area contributed by atoms with Crippen LogP contribution in [0.3, 0.4) is 0 Å². The quantitative estimate of drug-likeness (QED) is 0.804. The number of hydrogen-bond acceptors (Lipinski definition) is 2. The van der Waals surface area contributed by atoms with Crippen LogP contribution in [-0.4, -0.2) is 14.5 Å². The van der Waals surface area contributed by atoms with Crippen LogP contribution in [0.1, 0.15) is 30.9 Å². The number of fused-ring (bicyclic) bond motifs is 6. The van der Waals surface area contributed by atoms with Gasteiger partial charge in [-0.3, -0.25) is 4.57 Å². The maximum absolute atomic E-state index is 5.57. The van der Waals surface area contributed by atoms with Crippen molar-refractivity contribution in [3.8, 4) is 0 Å². The zero-order valence-electron chi connectivity index (χ0n) is 11.0. The van der Waals surface area contributed by atoms with Gasteiger partial charge in [-0.25, -0.2) is 4.98 Å². The Hall–Kier alpha value is -1.16. The van der Waals surface area contributed by atoms with E-state index in [0.717, 1.165) is 39.6 Å². The molecule has 2 bridgehead atoms. The minimum absolute atomic E-state index is 0.641. The molecule has 5 rings (SSSR count). The van der Waals surface area contributed by atoms with Gasteiger partial charge in [0.1, 0.15) is 0 Å². The molecule has 4 atom stereocenters. The van der Waals surface area contributed by atoms with Gasteiger partial charge < -0.3 is 4.98 Å². The van der Waals surface area contributed by atoms with Gasteiger partial charge in [0.05, 0.1) is 5.52 Å². The lowest BCUT2D eigenvalue weighted by Gasteiger charge is -2.10. The van der Waals surface area contributed by atoms with E-state index in [4.69, 9.17) is 12.2 Å². The summed E-state index contributed by atoms with van der Waals surface area (Å²) in [6.45, 7) is 2.12. The number of pyridine rings is 1. The second-order valence-corrected chi connectivity index (χ2v) is 6.99. The Morgan fingerprint density at radius 3 is 2.79 bits per heavy atom. The minimum Gasteiger partial charge on any atom is -0.329 e. The third-order valence-corrected chi connectivity index (χ3v) is 6.11. The van der Waals surface area contributed by atoms with Crippen LogP contribution in [0.4, 0.5) is 0 Å². The predicted molar refractivity (Wildman–Crippen MR) is 76.5 cm³/mol. The van der Waals surface area contributed by atoms with Crippen molar-refractivity contribution in [3.63, 3.8) is 0 Å². The molecule has 2 heterocycles. The molecular formula is C15H17N3S. The molecule has 0 saturated heterocycles. The first-order chi connectivity index (χ1) is 9.25. The zero-order valence-corrected chi connectivity index (χ0v) is 11.8. The van der Waals surface area contributed by atoms with Crippen molar-refractivity contribution in [1.29, 1.82) is 0 Å². The fourth-order valence-electron chi connectivity index (χ4n) is 5.04. The van der Waals surface area contributed by atoms with E-state index < -0.39 is 0 Å². The molecule has 1 N–H and O–H groups in total. The lowest BCUT2D eigenvalue weighted by molar-refractivity contribution is 0.456. The Kier molecular flexibility index (Phi) is 1.84. The van der Waals surface area contributed by atoms with E-state index in [-0.39, 0.29) is 0 Å². The van der Waals surface area contributed by atoms with Crippen molar-refractivity contribution >= 4 is 23.4 Å². The predicted octanol–water partition coefficient (Wildman–Crippen LogP) is 3.62. The number of hydrogen-bond donors (Lipinski definition) is 1. The van der Waals surface area contributed by atoms with E-state index in [2.05, 4.69) is 27.5 Å². The summed E-state index contributed by atoms with van der Waals surface area (Å²) in [5.41, 5.74) is 3.44. The third kappa shape index (κ3) is 1.19. The highest BCUT2D eigenvalue weighted by Gasteiger charge is 2.66. The van der Waals surface area contributed by atoms with E-state index in [0.29, 0.717) is 6.04 Å². The van der Waals surface area contributed by atoms with Crippen molar-refractivity contribution in [3.05, 3.63) is 22.6 Å². The van der Waals surface area contributed by atoms with Crippen LogP contribution in [0.25, 0.3) is 11.2 Å². The second-order valence-electron chi connectivity index (χ2n) is 6.61. The molecule has 19 heavy (non-hydrogen) atoms. The first kappa shape index (κ1) is 10.6. The molecule has 3 nitrogen and oxygen atoms in total. The third-order valence-electron chi connectivity index (χ3n) is 5.81. The molecule has 0 aromatic carbocycles. The molecule has 98 valence electrons. The summed E-state index contributed by atoms with van der Waals surface area (Å²) in [7, 11) is 0. The number of aromatic amines is 1. The smallest absolute Gasteiger partial charge is 0.179 e. The lowest BCUT2D eigenvalue weighted by atomic mass is 10.0. The van der Waals surface area contributed by atoms with Gasteiger partial charge in [0.15, 0.2) is 10.4 Å². The van der Waals surface area contributed by atoms with Crippen molar-refractivity contribution in [2.45, 2.75) is 32.2 Å². The summed E-state index contributed by atoms with van der Waals surface area (Å²) in [5, 5.41) is 0. The lowest BCUT2D eigenvalue weighted by Crippen LogP contribution is -2.05. The van der Waals surface area contributed by atoms with Crippen LogP contribution in [0.2, 0.25) is 0 Å². The molecule has 4 unspecified atom stereocenters. The molecule has 2 aromatic rings. The van der Waals surface area contributed by atoms with Gasteiger partial charge in [-0.05, 0) is 73.7 Å². The summed E-state index contributed by atoms with van der Waals surface area (Å²) in [6.07, 6.45) is 6.28. The van der Waals surface area contributed by atoms with Crippen LogP contribution in [-0.2, 0) is 0 Å². The van der Waals surface area contributed by atoms with Gasteiger partial charge in [-0.2, -0.15) is 0 Å². The van der Waals surface area contributed by atoms with E-state index in [1.54, 1.807) is 0 Å². The molecule has 0 radical (unpaired) electrons. The standard InChI is InChI=1S/C15H17N3S/c1-7-4-5-16-14-12(7)17-15(19)18(14)13-10-8-2-3-9(6-8)11(10)13/h4-5,8-11,13H,2-3,6H2,1H3,(H,17,19). The molecule has 3 fully saturated rings. The number of imidazole rings is 1. The SMILES string of the molecule is Cc1ccnc2c1[nH]c(=S)n2C1C2C3CCC(C3)C21. The highest BCUT2D eigenvalue weighted by Crippen LogP contribution is 2.71. The fraction of sp³-hybridized carbons (Fsp3) is 0.600. The molecule has 0 amide bonds. The highest BCUT2D eigenvalue weighted by molar-refractivity contribution is 7.71. The number of aromatic nitrogens is 3. The summed E-state index contributed by atoms with van der Waals surface area (Å²) in [4.78, 5) is 7.96. The fourth-order valence-corrected chi connectivity index (χ4v) is 5.36. The Morgan fingerprint density at radius 2 is 2.05 bits per heavy atom. The normalized spacial score (nSPS) is 38.9. The first-order valence-electron chi connectivity index (χ1n) is 7.31. The summed E-state index contributed by atoms with van der Waals surface area (Å²) in [6, 6.07) is 2.69. The highest BCUT2D eigenvalue weighted by atomic mass is 32.1. The Balaban J connectivity index is 1.69. The summed E-state index contributed by atoms with van der Waals surface area (Å²) in [5.74, 6) is 3.73. The van der Waals surface area contributed by atoms with Gasteiger partial charge in [-0.1, -0.05) is 0 Å². The molecular weight excluding hydrogens is 254 g/mol. The van der Waals surface area contributed by atoms with Crippen molar-refractivity contribution in [2.24, 2.45) is 23.7 Å². The molecule has 3 aliphatic rings. The van der Waals surface area contributed by atoms with Gasteiger partial charge >= 0.3 is 0 Å². The molecule has 3 saturated carbocycles. The van der Waals surface area contributed by atoms with E-state index >= 15 is 0 Å². The number of aryl methyl sites for hydroxylation is 1. The number of nitrogens with one attached hydrogen (secondary N) is 1. The van der Waals surface area contributed by atoms with Gasteiger partial charge in [-0.15, -0.1) is 0 Å². The van der Waals surface area contributed by atoms with Crippen LogP contribution in [0, 0.1) is 35.4 Å². The van der Waals surface area contributed by atoms with Crippen LogP contribution < -0.4 is 0 Å². The maximum Gasteiger partial charge on any atom is 0.179 e. The largest absolute Gasteiger partial charge is 0.329 e. The molecule has 0 spiro atoms. The molecule has 2 aromatic heterocycles. The van der Waals surface area contributed by atoms with Gasteiger partial charge in [0.2, 0.25) is 0 Å². The Bertz CT molecular complexity index is 727. The topological polar surface area (TPSA) is 33.6 Å². The van der Waals surface area contributed by atoms with E-state index in [1.807, 2.05) is 6.20 Å². The van der Waals surface area contributed by atoms with Crippen molar-refractivity contribution in [2.75, 3.05) is 0 Å².